The van der Waals surface area contributed by atoms with Gasteiger partial charge in [-0.25, -0.2) is 4.98 Å². The zero-order valence-electron chi connectivity index (χ0n) is 19.8. The molecule has 0 aliphatic carbocycles. The van der Waals surface area contributed by atoms with Crippen molar-refractivity contribution in [3.8, 4) is 0 Å². The van der Waals surface area contributed by atoms with E-state index in [1.165, 1.54) is 56.7 Å². The third kappa shape index (κ3) is 6.10. The van der Waals surface area contributed by atoms with Crippen LogP contribution in [-0.4, -0.2) is 26.8 Å². The van der Waals surface area contributed by atoms with Crippen molar-refractivity contribution in [1.82, 2.24) is 15.2 Å². The predicted molar refractivity (Wildman–Crippen MR) is 147 cm³/mol. The Morgan fingerprint density at radius 1 is 1.03 bits per heavy atom. The average Bonchev–Trinajstić information content (AvgIpc) is 3.36. The normalized spacial score (nSPS) is 11.8. The molecule has 2 heterocycles. The summed E-state index contributed by atoms with van der Waals surface area (Å²) in [7, 11) is 0. The molecule has 4 rings (SSSR count). The van der Waals surface area contributed by atoms with Gasteiger partial charge in [0.1, 0.15) is 0 Å². The summed E-state index contributed by atoms with van der Waals surface area (Å²) in [6.45, 7) is 11.0. The summed E-state index contributed by atoms with van der Waals surface area (Å²) in [5.74, 6) is 0.958. The van der Waals surface area contributed by atoms with Crippen molar-refractivity contribution in [2.45, 2.75) is 54.5 Å². The predicted octanol–water partition coefficient (Wildman–Crippen LogP) is 6.67. The van der Waals surface area contributed by atoms with Gasteiger partial charge in [0.2, 0.25) is 11.0 Å². The van der Waals surface area contributed by atoms with E-state index in [1.54, 1.807) is 11.8 Å². The van der Waals surface area contributed by atoms with Crippen LogP contribution in [0, 0.1) is 13.8 Å². The Kier molecular flexibility index (Phi) is 7.51. The fourth-order valence-corrected chi connectivity index (χ4v) is 7.25. The first kappa shape index (κ1) is 25.0. The number of amides is 1. The van der Waals surface area contributed by atoms with Gasteiger partial charge in [-0.3, -0.25) is 10.1 Å². The number of aromatic nitrogens is 3. The van der Waals surface area contributed by atoms with Gasteiger partial charge in [0, 0.05) is 11.4 Å². The number of nitrogen functional groups attached to an aromatic ring is 1. The quantitative estimate of drug-likeness (QED) is 0.157. The molecular formula is C24H27N5OS4. The molecule has 0 bridgehead atoms. The molecule has 0 aliphatic rings. The van der Waals surface area contributed by atoms with E-state index in [0.717, 1.165) is 24.6 Å². The second-order valence-corrected chi connectivity index (χ2v) is 13.5. The van der Waals surface area contributed by atoms with Gasteiger partial charge in [0.25, 0.3) is 0 Å². The molecule has 10 heteroatoms. The molecule has 0 saturated heterocycles. The Morgan fingerprint density at radius 3 is 2.47 bits per heavy atom. The highest BCUT2D eigenvalue weighted by Gasteiger charge is 2.17. The molecule has 6 nitrogen and oxygen atoms in total. The summed E-state index contributed by atoms with van der Waals surface area (Å²) in [4.78, 5) is 16.9. The topological polar surface area (TPSA) is 93.8 Å². The van der Waals surface area contributed by atoms with E-state index in [2.05, 4.69) is 67.2 Å². The fourth-order valence-electron chi connectivity index (χ4n) is 3.37. The van der Waals surface area contributed by atoms with Crippen LogP contribution in [0.15, 0.2) is 39.0 Å². The van der Waals surface area contributed by atoms with E-state index in [-0.39, 0.29) is 17.1 Å². The van der Waals surface area contributed by atoms with Gasteiger partial charge in [-0.05, 0) is 59.7 Å². The van der Waals surface area contributed by atoms with Crippen molar-refractivity contribution in [3.63, 3.8) is 0 Å². The molecule has 0 radical (unpaired) electrons. The van der Waals surface area contributed by atoms with Crippen molar-refractivity contribution in [2.75, 3.05) is 16.8 Å². The van der Waals surface area contributed by atoms with E-state index in [9.17, 15) is 4.79 Å². The Labute approximate surface area is 216 Å². The Hall–Kier alpha value is -2.14. The van der Waals surface area contributed by atoms with Crippen LogP contribution in [0.3, 0.4) is 0 Å². The van der Waals surface area contributed by atoms with E-state index in [0.29, 0.717) is 10.8 Å². The van der Waals surface area contributed by atoms with Gasteiger partial charge in [0.15, 0.2) is 8.68 Å². The van der Waals surface area contributed by atoms with Crippen LogP contribution < -0.4 is 11.1 Å². The van der Waals surface area contributed by atoms with Crippen molar-refractivity contribution in [3.05, 3.63) is 52.6 Å². The van der Waals surface area contributed by atoms with Crippen LogP contribution >= 0.6 is 46.2 Å². The van der Waals surface area contributed by atoms with Crippen LogP contribution in [0.2, 0.25) is 0 Å². The first-order valence-corrected chi connectivity index (χ1v) is 14.3. The molecule has 4 aromatic rings. The first-order valence-electron chi connectivity index (χ1n) is 10.7. The smallest absolute Gasteiger partial charge is 0.236 e. The van der Waals surface area contributed by atoms with Crippen LogP contribution in [0.5, 0.6) is 0 Å². The summed E-state index contributed by atoms with van der Waals surface area (Å²) < 4.78 is 2.70. The second kappa shape index (κ2) is 10.2. The fraction of sp³-hybridized carbons (Fsp3) is 0.333. The van der Waals surface area contributed by atoms with E-state index in [4.69, 9.17) is 5.73 Å². The third-order valence-electron chi connectivity index (χ3n) is 5.27. The molecule has 2 aromatic heterocycles. The summed E-state index contributed by atoms with van der Waals surface area (Å²) in [5.41, 5.74) is 12.8. The lowest BCUT2D eigenvalue weighted by Crippen LogP contribution is -2.13. The summed E-state index contributed by atoms with van der Waals surface area (Å²) in [5, 5.41) is 11.7. The van der Waals surface area contributed by atoms with Crippen molar-refractivity contribution in [2.24, 2.45) is 0 Å². The molecule has 0 atom stereocenters. The summed E-state index contributed by atoms with van der Waals surface area (Å²) in [6.07, 6.45) is 0. The number of benzene rings is 2. The maximum atomic E-state index is 12.4. The van der Waals surface area contributed by atoms with Crippen LogP contribution in [0.4, 0.5) is 10.8 Å². The number of nitrogens with zero attached hydrogens (tertiary/aromatic N) is 3. The van der Waals surface area contributed by atoms with E-state index >= 15 is 0 Å². The SMILES string of the molecule is Cc1cc(C(C)(C)C)cc(C)c1CSc1nnc(NC(=O)CSc2nc3ccc(N)cc3s2)s1. The lowest BCUT2D eigenvalue weighted by Gasteiger charge is -2.22. The number of anilines is 2. The zero-order chi connectivity index (χ0) is 24.5. The molecule has 3 N–H and O–H groups in total. The van der Waals surface area contributed by atoms with Gasteiger partial charge < -0.3 is 5.73 Å². The number of nitrogens with one attached hydrogen (secondary N) is 1. The number of nitrogens with two attached hydrogens (primary N) is 1. The highest BCUT2D eigenvalue weighted by molar-refractivity contribution is 8.01. The van der Waals surface area contributed by atoms with Crippen molar-refractivity contribution < 1.29 is 4.79 Å². The van der Waals surface area contributed by atoms with Gasteiger partial charge >= 0.3 is 0 Å². The second-order valence-electron chi connectivity index (χ2n) is 9.04. The number of hydrogen-bond donors (Lipinski definition) is 2. The number of rotatable bonds is 7. The maximum absolute atomic E-state index is 12.4. The van der Waals surface area contributed by atoms with Gasteiger partial charge in [0.05, 0.1) is 16.0 Å². The average molecular weight is 530 g/mol. The number of thioether (sulfide) groups is 2. The molecule has 0 fully saturated rings. The number of aryl methyl sites for hydroxylation is 2. The Bertz CT molecular complexity index is 1320. The Morgan fingerprint density at radius 2 is 1.76 bits per heavy atom. The largest absolute Gasteiger partial charge is 0.399 e. The number of fused-ring (bicyclic) bond motifs is 1. The lowest BCUT2D eigenvalue weighted by atomic mass is 9.84. The zero-order valence-corrected chi connectivity index (χ0v) is 23.0. The highest BCUT2D eigenvalue weighted by atomic mass is 32.2. The molecule has 0 aliphatic heterocycles. The van der Waals surface area contributed by atoms with Gasteiger partial charge in [-0.1, -0.05) is 67.8 Å². The standard InChI is InChI=1S/C24H27N5OS4/c1-13-8-15(24(3,4)5)9-14(2)17(13)11-31-23-29-28-21(34-23)27-20(30)12-32-22-26-18-7-6-16(25)10-19(18)33-22/h6-10H,11-12,25H2,1-5H3,(H,27,28,30). The highest BCUT2D eigenvalue weighted by Crippen LogP contribution is 2.34. The minimum absolute atomic E-state index is 0.124. The molecule has 2 aromatic carbocycles. The maximum Gasteiger partial charge on any atom is 0.236 e. The molecule has 34 heavy (non-hydrogen) atoms. The minimum atomic E-state index is -0.124. The van der Waals surface area contributed by atoms with E-state index < -0.39 is 0 Å². The molecular weight excluding hydrogens is 503 g/mol. The van der Waals surface area contributed by atoms with Crippen molar-refractivity contribution in [1.29, 1.82) is 0 Å². The van der Waals surface area contributed by atoms with Crippen LogP contribution in [0.25, 0.3) is 10.2 Å². The number of carbonyl (C=O) groups excluding carboxylic acids is 1. The van der Waals surface area contributed by atoms with Gasteiger partial charge in [-0.2, -0.15) is 0 Å². The summed E-state index contributed by atoms with van der Waals surface area (Å²) >= 11 is 5.99. The lowest BCUT2D eigenvalue weighted by molar-refractivity contribution is -0.113. The molecule has 178 valence electrons. The first-order chi connectivity index (χ1) is 16.1. The number of thiazole rings is 1. The Balaban J connectivity index is 1.31. The summed E-state index contributed by atoms with van der Waals surface area (Å²) in [6, 6.07) is 10.2. The molecule has 0 saturated carbocycles. The van der Waals surface area contributed by atoms with Gasteiger partial charge in [-0.15, -0.1) is 21.5 Å². The minimum Gasteiger partial charge on any atom is -0.399 e. The van der Waals surface area contributed by atoms with Crippen LogP contribution in [-0.2, 0) is 16.0 Å². The number of hydrogen-bond acceptors (Lipinski definition) is 9. The molecule has 1 amide bonds. The van der Waals surface area contributed by atoms with E-state index in [1.807, 2.05) is 18.2 Å². The molecule has 0 unspecified atom stereocenters. The van der Waals surface area contributed by atoms with Crippen LogP contribution in [0.1, 0.15) is 43.0 Å². The van der Waals surface area contributed by atoms with Crippen molar-refractivity contribution >= 4 is 73.1 Å². The monoisotopic (exact) mass is 529 g/mol. The third-order valence-corrected chi connectivity index (χ3v) is 9.43. The number of carbonyl (C=O) groups is 1. The molecule has 0 spiro atoms.